The van der Waals surface area contributed by atoms with Gasteiger partial charge in [0.25, 0.3) is 0 Å². The van der Waals surface area contributed by atoms with Crippen LogP contribution in [0.3, 0.4) is 0 Å². The van der Waals surface area contributed by atoms with Crippen LogP contribution in [0.2, 0.25) is 0 Å². The summed E-state index contributed by atoms with van der Waals surface area (Å²) in [7, 11) is 0. The molecule has 1 heteroatoms. The van der Waals surface area contributed by atoms with Gasteiger partial charge < -0.3 is 4.42 Å². The van der Waals surface area contributed by atoms with Crippen LogP contribution in [0.5, 0.6) is 0 Å². The average molecular weight is 242 g/mol. The second-order valence-electron chi connectivity index (χ2n) is 4.77. The van der Waals surface area contributed by atoms with Gasteiger partial charge in [0, 0.05) is 5.56 Å². The fourth-order valence-electron chi connectivity index (χ4n) is 2.44. The van der Waals surface area contributed by atoms with Gasteiger partial charge in [0.05, 0.1) is 6.26 Å². The maximum atomic E-state index is 5.57. The van der Waals surface area contributed by atoms with Gasteiger partial charge in [-0.05, 0) is 42.5 Å². The zero-order valence-corrected chi connectivity index (χ0v) is 11.4. The molecule has 2 rings (SSSR count). The third kappa shape index (κ3) is 2.84. The summed E-state index contributed by atoms with van der Waals surface area (Å²) in [5.74, 6) is 0.997. The van der Waals surface area contributed by atoms with Crippen LogP contribution >= 0.6 is 0 Å². The first kappa shape index (κ1) is 12.9. The zero-order chi connectivity index (χ0) is 12.8. The normalized spacial score (nSPS) is 10.8. The zero-order valence-electron chi connectivity index (χ0n) is 11.4. The highest BCUT2D eigenvalue weighted by molar-refractivity contribution is 5.64. The van der Waals surface area contributed by atoms with E-state index >= 15 is 0 Å². The van der Waals surface area contributed by atoms with E-state index in [4.69, 9.17) is 4.42 Å². The highest BCUT2D eigenvalue weighted by Gasteiger charge is 2.10. The van der Waals surface area contributed by atoms with Crippen molar-refractivity contribution in [2.45, 2.75) is 46.0 Å². The molecule has 1 nitrogen and oxygen atoms in total. The van der Waals surface area contributed by atoms with Crippen LogP contribution in [0, 0.1) is 0 Å². The summed E-state index contributed by atoms with van der Waals surface area (Å²) in [6, 6.07) is 10.6. The lowest BCUT2D eigenvalue weighted by atomic mass is 9.93. The van der Waals surface area contributed by atoms with Gasteiger partial charge in [-0.2, -0.15) is 0 Å². The summed E-state index contributed by atoms with van der Waals surface area (Å²) in [5.41, 5.74) is 4.24. The van der Waals surface area contributed by atoms with Crippen LogP contribution in [0.1, 0.15) is 44.2 Å². The lowest BCUT2D eigenvalue weighted by molar-refractivity contribution is 0.581. The van der Waals surface area contributed by atoms with Crippen molar-refractivity contribution in [1.82, 2.24) is 0 Å². The fourth-order valence-corrected chi connectivity index (χ4v) is 2.44. The number of hydrogen-bond donors (Lipinski definition) is 0. The smallest absolute Gasteiger partial charge is 0.134 e. The van der Waals surface area contributed by atoms with Gasteiger partial charge in [0.2, 0.25) is 0 Å². The van der Waals surface area contributed by atoms with Crippen LogP contribution in [-0.4, -0.2) is 0 Å². The number of benzene rings is 1. The van der Waals surface area contributed by atoms with E-state index in [-0.39, 0.29) is 0 Å². The Kier molecular flexibility index (Phi) is 4.63. The molecule has 0 saturated heterocycles. The van der Waals surface area contributed by atoms with Crippen molar-refractivity contribution < 1.29 is 4.42 Å². The number of aryl methyl sites for hydroxylation is 1. The summed E-state index contributed by atoms with van der Waals surface area (Å²) < 4.78 is 5.57. The number of hydrogen-bond acceptors (Lipinski definition) is 1. The lowest BCUT2D eigenvalue weighted by Crippen LogP contribution is -1.97. The van der Waals surface area contributed by atoms with Crippen molar-refractivity contribution in [3.63, 3.8) is 0 Å². The molecule has 1 aromatic heterocycles. The van der Waals surface area contributed by atoms with Crippen LogP contribution < -0.4 is 0 Å². The lowest BCUT2D eigenvalue weighted by Gasteiger charge is -2.13. The van der Waals surface area contributed by atoms with Crippen LogP contribution in [0.15, 0.2) is 41.0 Å². The topological polar surface area (TPSA) is 13.1 Å². The molecule has 0 spiro atoms. The van der Waals surface area contributed by atoms with Crippen molar-refractivity contribution in [3.8, 4) is 11.3 Å². The van der Waals surface area contributed by atoms with Crippen molar-refractivity contribution in [1.29, 1.82) is 0 Å². The molecule has 2 aromatic rings. The van der Waals surface area contributed by atoms with Gasteiger partial charge in [-0.25, -0.2) is 0 Å². The molecular weight excluding hydrogens is 220 g/mol. The monoisotopic (exact) mass is 242 g/mol. The van der Waals surface area contributed by atoms with E-state index < -0.39 is 0 Å². The van der Waals surface area contributed by atoms with E-state index in [1.54, 1.807) is 6.26 Å². The second-order valence-corrected chi connectivity index (χ2v) is 4.77. The minimum absolute atomic E-state index is 0.997. The summed E-state index contributed by atoms with van der Waals surface area (Å²) in [4.78, 5) is 0. The Morgan fingerprint density at radius 3 is 2.50 bits per heavy atom. The van der Waals surface area contributed by atoms with E-state index in [0.29, 0.717) is 0 Å². The van der Waals surface area contributed by atoms with Crippen molar-refractivity contribution >= 4 is 0 Å². The summed E-state index contributed by atoms with van der Waals surface area (Å²) in [5, 5.41) is 0. The SMILES string of the molecule is CCCCc1cccc(-c2ccco2)c1CCC. The first-order valence-corrected chi connectivity index (χ1v) is 7.01. The van der Waals surface area contributed by atoms with E-state index in [1.807, 2.05) is 6.07 Å². The predicted molar refractivity (Wildman–Crippen MR) is 76.8 cm³/mol. The molecule has 0 aliphatic rings. The summed E-state index contributed by atoms with van der Waals surface area (Å²) >= 11 is 0. The highest BCUT2D eigenvalue weighted by Crippen LogP contribution is 2.28. The maximum Gasteiger partial charge on any atom is 0.134 e. The van der Waals surface area contributed by atoms with E-state index in [0.717, 1.165) is 12.2 Å². The van der Waals surface area contributed by atoms with Crippen LogP contribution in [-0.2, 0) is 12.8 Å². The Balaban J connectivity index is 2.39. The minimum Gasteiger partial charge on any atom is -0.464 e. The molecule has 0 amide bonds. The van der Waals surface area contributed by atoms with Gasteiger partial charge in [-0.1, -0.05) is 44.9 Å². The van der Waals surface area contributed by atoms with Gasteiger partial charge in [-0.15, -0.1) is 0 Å². The maximum absolute atomic E-state index is 5.57. The first-order chi connectivity index (χ1) is 8.86. The molecule has 0 saturated carbocycles. The van der Waals surface area contributed by atoms with Crippen LogP contribution in [0.25, 0.3) is 11.3 Å². The Hall–Kier alpha value is -1.50. The standard InChI is InChI=1S/C17H22O/c1-3-5-9-14-10-6-11-16(15(14)8-4-2)17-12-7-13-18-17/h6-7,10-13H,3-5,8-9H2,1-2H3. The molecule has 96 valence electrons. The molecule has 0 N–H and O–H groups in total. The molecule has 0 fully saturated rings. The quantitative estimate of drug-likeness (QED) is 0.675. The molecule has 0 radical (unpaired) electrons. The van der Waals surface area contributed by atoms with Crippen molar-refractivity contribution in [3.05, 3.63) is 47.7 Å². The first-order valence-electron chi connectivity index (χ1n) is 7.01. The number of rotatable bonds is 6. The average Bonchev–Trinajstić information content (AvgIpc) is 2.91. The second kappa shape index (κ2) is 6.44. The number of furan rings is 1. The third-order valence-electron chi connectivity index (χ3n) is 3.36. The van der Waals surface area contributed by atoms with E-state index in [1.165, 1.54) is 42.4 Å². The molecule has 18 heavy (non-hydrogen) atoms. The predicted octanol–water partition coefficient (Wildman–Crippen LogP) is 5.24. The molecule has 0 atom stereocenters. The van der Waals surface area contributed by atoms with E-state index in [2.05, 4.69) is 38.1 Å². The fraction of sp³-hybridized carbons (Fsp3) is 0.412. The third-order valence-corrected chi connectivity index (χ3v) is 3.36. The Morgan fingerprint density at radius 2 is 1.83 bits per heavy atom. The largest absolute Gasteiger partial charge is 0.464 e. The highest BCUT2D eigenvalue weighted by atomic mass is 16.3. The van der Waals surface area contributed by atoms with Gasteiger partial charge in [-0.3, -0.25) is 0 Å². The number of unbranched alkanes of at least 4 members (excludes halogenated alkanes) is 1. The molecular formula is C17H22O. The minimum atomic E-state index is 0.997. The Labute approximate surface area is 110 Å². The Morgan fingerprint density at radius 1 is 0.944 bits per heavy atom. The molecule has 1 heterocycles. The van der Waals surface area contributed by atoms with Gasteiger partial charge in [0.15, 0.2) is 0 Å². The molecule has 0 aliphatic carbocycles. The molecule has 0 bridgehead atoms. The molecule has 1 aromatic carbocycles. The summed E-state index contributed by atoms with van der Waals surface area (Å²) in [6.07, 6.45) is 7.76. The van der Waals surface area contributed by atoms with Crippen molar-refractivity contribution in [2.24, 2.45) is 0 Å². The van der Waals surface area contributed by atoms with Gasteiger partial charge in [0.1, 0.15) is 5.76 Å². The van der Waals surface area contributed by atoms with Crippen molar-refractivity contribution in [2.75, 3.05) is 0 Å². The molecule has 0 aliphatic heterocycles. The van der Waals surface area contributed by atoms with E-state index in [9.17, 15) is 0 Å². The van der Waals surface area contributed by atoms with Gasteiger partial charge >= 0.3 is 0 Å². The summed E-state index contributed by atoms with van der Waals surface area (Å²) in [6.45, 7) is 4.48. The molecule has 0 unspecified atom stereocenters. The van der Waals surface area contributed by atoms with Crippen LogP contribution in [0.4, 0.5) is 0 Å². The Bertz CT molecular complexity index is 468.